The Morgan fingerprint density at radius 2 is 2.11 bits per heavy atom. The average molecular weight is 252 g/mol. The second kappa shape index (κ2) is 8.14. The lowest BCUT2D eigenvalue weighted by molar-refractivity contribution is 0.255. The summed E-state index contributed by atoms with van der Waals surface area (Å²) in [5, 5.41) is 6.82. The fraction of sp³-hybridized carbons (Fsp3) is 0.786. The molecule has 2 N–H and O–H groups in total. The highest BCUT2D eigenvalue weighted by Gasteiger charge is 2.11. The molecule has 0 saturated heterocycles. The zero-order valence-electron chi connectivity index (χ0n) is 12.2. The van der Waals surface area contributed by atoms with Crippen molar-refractivity contribution in [2.24, 2.45) is 4.99 Å². The summed E-state index contributed by atoms with van der Waals surface area (Å²) in [6.07, 6.45) is 7.85. The first-order valence-electron chi connectivity index (χ1n) is 6.99. The van der Waals surface area contributed by atoms with E-state index in [0.29, 0.717) is 12.1 Å². The Bertz CT molecular complexity index is 278. The Kier molecular flexibility index (Phi) is 6.80. The number of nitrogens with one attached hydrogen (secondary N) is 2. The van der Waals surface area contributed by atoms with Crippen molar-refractivity contribution in [1.29, 1.82) is 0 Å². The minimum atomic E-state index is 0.517. The summed E-state index contributed by atoms with van der Waals surface area (Å²) < 4.78 is 0. The van der Waals surface area contributed by atoms with Crippen molar-refractivity contribution in [2.45, 2.75) is 45.2 Å². The van der Waals surface area contributed by atoms with Crippen LogP contribution in [0.25, 0.3) is 0 Å². The van der Waals surface area contributed by atoms with E-state index in [9.17, 15) is 0 Å². The molecule has 18 heavy (non-hydrogen) atoms. The van der Waals surface area contributed by atoms with Crippen molar-refractivity contribution in [1.82, 2.24) is 15.5 Å². The summed E-state index contributed by atoms with van der Waals surface area (Å²) in [6.45, 7) is 6.46. The van der Waals surface area contributed by atoms with Crippen LogP contribution < -0.4 is 10.6 Å². The monoisotopic (exact) mass is 252 g/mol. The SMILES string of the molecule is CCC(C)N(C)CCNC(=NC)NC1CC=CC1. The maximum atomic E-state index is 4.26. The molecule has 1 unspecified atom stereocenters. The van der Waals surface area contributed by atoms with E-state index in [1.54, 1.807) is 0 Å². The quantitative estimate of drug-likeness (QED) is 0.428. The van der Waals surface area contributed by atoms with Crippen LogP contribution in [0, 0.1) is 0 Å². The summed E-state index contributed by atoms with van der Waals surface area (Å²) in [5.74, 6) is 0.918. The third kappa shape index (κ3) is 5.08. The lowest BCUT2D eigenvalue weighted by atomic mass is 10.2. The molecule has 0 aromatic rings. The molecule has 104 valence electrons. The van der Waals surface area contributed by atoms with Crippen LogP contribution in [0.2, 0.25) is 0 Å². The van der Waals surface area contributed by atoms with Crippen LogP contribution in [-0.2, 0) is 0 Å². The Morgan fingerprint density at radius 3 is 2.67 bits per heavy atom. The third-order valence-corrected chi connectivity index (χ3v) is 3.67. The fourth-order valence-electron chi connectivity index (χ4n) is 2.01. The fourth-order valence-corrected chi connectivity index (χ4v) is 2.01. The summed E-state index contributed by atoms with van der Waals surface area (Å²) in [7, 11) is 4.00. The van der Waals surface area contributed by atoms with Gasteiger partial charge in [0.05, 0.1) is 0 Å². The van der Waals surface area contributed by atoms with Gasteiger partial charge < -0.3 is 15.5 Å². The number of hydrogen-bond donors (Lipinski definition) is 2. The zero-order valence-corrected chi connectivity index (χ0v) is 12.2. The van der Waals surface area contributed by atoms with Gasteiger partial charge in [-0.15, -0.1) is 0 Å². The highest BCUT2D eigenvalue weighted by molar-refractivity contribution is 5.80. The molecular weight excluding hydrogens is 224 g/mol. The molecular formula is C14H28N4. The standard InChI is InChI=1S/C14H28N4/c1-5-12(2)18(4)11-10-16-14(15-3)17-13-8-6-7-9-13/h6-7,12-13H,5,8-11H2,1-4H3,(H2,15,16,17). The van der Waals surface area contributed by atoms with Gasteiger partial charge >= 0.3 is 0 Å². The first-order valence-corrected chi connectivity index (χ1v) is 6.99. The molecule has 4 nitrogen and oxygen atoms in total. The Hall–Kier alpha value is -1.03. The highest BCUT2D eigenvalue weighted by Crippen LogP contribution is 2.08. The van der Waals surface area contributed by atoms with E-state index < -0.39 is 0 Å². The van der Waals surface area contributed by atoms with Crippen LogP contribution >= 0.6 is 0 Å². The van der Waals surface area contributed by atoms with Gasteiger partial charge in [0.15, 0.2) is 5.96 Å². The summed E-state index contributed by atoms with van der Waals surface area (Å²) in [5.41, 5.74) is 0. The van der Waals surface area contributed by atoms with E-state index in [1.807, 2.05) is 7.05 Å². The third-order valence-electron chi connectivity index (χ3n) is 3.67. The van der Waals surface area contributed by atoms with Crippen LogP contribution in [0.3, 0.4) is 0 Å². The molecule has 0 aromatic heterocycles. The van der Waals surface area contributed by atoms with Gasteiger partial charge in [0.2, 0.25) is 0 Å². The predicted molar refractivity (Wildman–Crippen MR) is 79.0 cm³/mol. The van der Waals surface area contributed by atoms with Crippen LogP contribution in [0.4, 0.5) is 0 Å². The Labute approximate surface area is 112 Å². The van der Waals surface area contributed by atoms with Gasteiger partial charge in [-0.25, -0.2) is 0 Å². The molecule has 0 aromatic carbocycles. The molecule has 0 saturated carbocycles. The molecule has 0 bridgehead atoms. The lowest BCUT2D eigenvalue weighted by Gasteiger charge is -2.24. The molecule has 0 fully saturated rings. The van der Waals surface area contributed by atoms with Crippen LogP contribution in [0.5, 0.6) is 0 Å². The van der Waals surface area contributed by atoms with E-state index in [2.05, 4.69) is 53.6 Å². The maximum absolute atomic E-state index is 4.26. The van der Waals surface area contributed by atoms with E-state index >= 15 is 0 Å². The zero-order chi connectivity index (χ0) is 13.4. The Morgan fingerprint density at radius 1 is 1.44 bits per heavy atom. The van der Waals surface area contributed by atoms with E-state index in [-0.39, 0.29) is 0 Å². The molecule has 1 aliphatic rings. The second-order valence-electron chi connectivity index (χ2n) is 5.02. The van der Waals surface area contributed by atoms with Crippen molar-refractivity contribution >= 4 is 5.96 Å². The number of rotatable bonds is 6. The van der Waals surface area contributed by atoms with E-state index in [4.69, 9.17) is 0 Å². The second-order valence-corrected chi connectivity index (χ2v) is 5.02. The van der Waals surface area contributed by atoms with Crippen LogP contribution in [0.1, 0.15) is 33.1 Å². The normalized spacial score (nSPS) is 18.4. The van der Waals surface area contributed by atoms with Gasteiger partial charge in [-0.3, -0.25) is 4.99 Å². The van der Waals surface area contributed by atoms with Gasteiger partial charge in [-0.05, 0) is 33.2 Å². The lowest BCUT2D eigenvalue weighted by Crippen LogP contribution is -2.45. The van der Waals surface area contributed by atoms with Gasteiger partial charge in [-0.1, -0.05) is 19.1 Å². The van der Waals surface area contributed by atoms with Crippen molar-refractivity contribution < 1.29 is 0 Å². The van der Waals surface area contributed by atoms with Crippen LogP contribution in [0.15, 0.2) is 17.1 Å². The molecule has 0 aliphatic heterocycles. The predicted octanol–water partition coefficient (Wildman–Crippen LogP) is 1.60. The number of guanidine groups is 1. The van der Waals surface area contributed by atoms with Crippen molar-refractivity contribution in [3.63, 3.8) is 0 Å². The van der Waals surface area contributed by atoms with Crippen molar-refractivity contribution in [3.05, 3.63) is 12.2 Å². The Balaban J connectivity index is 2.19. The molecule has 1 rings (SSSR count). The smallest absolute Gasteiger partial charge is 0.191 e. The number of hydrogen-bond acceptors (Lipinski definition) is 2. The summed E-state index contributed by atoms with van der Waals surface area (Å²) in [6, 6.07) is 1.16. The van der Waals surface area contributed by atoms with Gasteiger partial charge in [0.25, 0.3) is 0 Å². The summed E-state index contributed by atoms with van der Waals surface area (Å²) >= 11 is 0. The van der Waals surface area contributed by atoms with Gasteiger partial charge in [0, 0.05) is 32.2 Å². The minimum absolute atomic E-state index is 0.517. The summed E-state index contributed by atoms with van der Waals surface area (Å²) in [4.78, 5) is 6.63. The largest absolute Gasteiger partial charge is 0.355 e. The number of likely N-dealkylation sites (N-methyl/N-ethyl adjacent to an activating group) is 1. The van der Waals surface area contributed by atoms with Crippen molar-refractivity contribution in [2.75, 3.05) is 27.2 Å². The van der Waals surface area contributed by atoms with Gasteiger partial charge in [-0.2, -0.15) is 0 Å². The van der Waals surface area contributed by atoms with Gasteiger partial charge in [0.1, 0.15) is 0 Å². The molecule has 0 heterocycles. The number of aliphatic imine (C=N–C) groups is 1. The average Bonchev–Trinajstić information content (AvgIpc) is 2.89. The molecule has 0 spiro atoms. The molecule has 0 radical (unpaired) electrons. The maximum Gasteiger partial charge on any atom is 0.191 e. The molecule has 0 amide bonds. The molecule has 4 heteroatoms. The first kappa shape index (κ1) is 15.0. The first-order chi connectivity index (χ1) is 8.67. The minimum Gasteiger partial charge on any atom is -0.355 e. The highest BCUT2D eigenvalue weighted by atomic mass is 15.2. The molecule has 1 aliphatic carbocycles. The number of nitrogens with zero attached hydrogens (tertiary/aromatic N) is 2. The van der Waals surface area contributed by atoms with E-state index in [0.717, 1.165) is 31.9 Å². The molecule has 1 atom stereocenters. The van der Waals surface area contributed by atoms with E-state index in [1.165, 1.54) is 6.42 Å². The van der Waals surface area contributed by atoms with Crippen molar-refractivity contribution in [3.8, 4) is 0 Å². The van der Waals surface area contributed by atoms with Crippen LogP contribution in [-0.4, -0.2) is 50.1 Å². The topological polar surface area (TPSA) is 39.7 Å².